The van der Waals surface area contributed by atoms with Gasteiger partial charge in [-0.3, -0.25) is 19.5 Å². The number of nitrogens with one attached hydrogen (secondary N) is 1. The molecule has 10 nitrogen and oxygen atoms in total. The highest BCUT2D eigenvalue weighted by atomic mass is 16.5. The van der Waals surface area contributed by atoms with E-state index in [2.05, 4.69) is 15.0 Å². The molecule has 4 aromatic rings. The Hall–Kier alpha value is -4.86. The van der Waals surface area contributed by atoms with Crippen LogP contribution in [-0.4, -0.2) is 52.6 Å². The summed E-state index contributed by atoms with van der Waals surface area (Å²) in [6, 6.07) is 11.1. The van der Waals surface area contributed by atoms with E-state index in [-0.39, 0.29) is 17.3 Å². The molecule has 2 aliphatic heterocycles. The van der Waals surface area contributed by atoms with Crippen LogP contribution in [0.5, 0.6) is 17.2 Å². The molecule has 0 radical (unpaired) electrons. The average molecular weight is 498 g/mol. The lowest BCUT2D eigenvalue weighted by atomic mass is 9.95. The van der Waals surface area contributed by atoms with Crippen molar-refractivity contribution in [2.45, 2.75) is 12.5 Å². The maximum Gasteiger partial charge on any atom is 0.302 e. The van der Waals surface area contributed by atoms with Gasteiger partial charge in [-0.25, -0.2) is 4.98 Å². The zero-order chi connectivity index (χ0) is 25.7. The fourth-order valence-electron chi connectivity index (χ4n) is 4.83. The number of imidazole rings is 1. The normalized spacial score (nSPS) is 18.2. The van der Waals surface area contributed by atoms with Crippen LogP contribution in [0.25, 0.3) is 16.8 Å². The van der Waals surface area contributed by atoms with Crippen LogP contribution >= 0.6 is 0 Å². The van der Waals surface area contributed by atoms with Gasteiger partial charge in [-0.05, 0) is 35.4 Å². The van der Waals surface area contributed by atoms with Crippen LogP contribution in [-0.2, 0) is 16.0 Å². The standard InChI is InChI=1S/C27H22N4O6/c1-35-20-11-17-18(12-21(20)36-2)30-27(29-17)31-23(16-4-3-8-28-13-16)22(25(33)26(31)34)24(32)15-5-6-19-14(10-15)7-9-37-19/h3-6,8,10-13,23,32H,7,9H2,1-2H3,(H,29,30)/b24-22+. The number of H-pyrrole nitrogens is 1. The van der Waals surface area contributed by atoms with Gasteiger partial charge in [-0.2, -0.15) is 0 Å². The predicted octanol–water partition coefficient (Wildman–Crippen LogP) is 3.54. The first-order chi connectivity index (χ1) is 18.0. The number of benzene rings is 2. The van der Waals surface area contributed by atoms with Crippen molar-refractivity contribution < 1.29 is 28.9 Å². The summed E-state index contributed by atoms with van der Waals surface area (Å²) in [7, 11) is 3.04. The fourth-order valence-corrected chi connectivity index (χ4v) is 4.83. The number of Topliss-reactive ketones (excluding diaryl/α,β-unsaturated/α-hetero) is 1. The third kappa shape index (κ3) is 3.56. The Morgan fingerprint density at radius 1 is 1.14 bits per heavy atom. The second-order valence-electron chi connectivity index (χ2n) is 8.66. The number of rotatable bonds is 5. The number of carbonyl (C=O) groups is 2. The number of carbonyl (C=O) groups excluding carboxylic acids is 2. The lowest BCUT2D eigenvalue weighted by Crippen LogP contribution is -2.30. The van der Waals surface area contributed by atoms with Gasteiger partial charge in [0.2, 0.25) is 5.95 Å². The van der Waals surface area contributed by atoms with E-state index >= 15 is 0 Å². The predicted molar refractivity (Wildman–Crippen MR) is 134 cm³/mol. The smallest absolute Gasteiger partial charge is 0.302 e. The Morgan fingerprint density at radius 2 is 1.95 bits per heavy atom. The van der Waals surface area contributed by atoms with Crippen molar-refractivity contribution in [3.63, 3.8) is 0 Å². The second-order valence-corrected chi connectivity index (χ2v) is 8.66. The molecule has 1 saturated heterocycles. The minimum atomic E-state index is -0.956. The third-order valence-corrected chi connectivity index (χ3v) is 6.61. The lowest BCUT2D eigenvalue weighted by Gasteiger charge is -2.22. The first-order valence-corrected chi connectivity index (χ1v) is 11.6. The summed E-state index contributed by atoms with van der Waals surface area (Å²) >= 11 is 0. The summed E-state index contributed by atoms with van der Waals surface area (Å²) in [6.07, 6.45) is 3.85. The SMILES string of the molecule is COc1cc2nc(N3C(=O)C(=O)/C(=C(/O)c4ccc5c(c4)CCO5)C3c3cccnc3)[nH]c2cc1OC. The number of aliphatic hydroxyl groups excluding tert-OH is 1. The van der Waals surface area contributed by atoms with E-state index < -0.39 is 17.7 Å². The lowest BCUT2D eigenvalue weighted by molar-refractivity contribution is -0.132. The molecular formula is C27H22N4O6. The molecule has 0 bridgehead atoms. The third-order valence-electron chi connectivity index (χ3n) is 6.61. The van der Waals surface area contributed by atoms with Gasteiger partial charge in [0.15, 0.2) is 11.5 Å². The minimum absolute atomic E-state index is 0.0486. The number of aromatic amines is 1. The van der Waals surface area contributed by atoms with Crippen molar-refractivity contribution in [1.82, 2.24) is 15.0 Å². The van der Waals surface area contributed by atoms with E-state index in [9.17, 15) is 14.7 Å². The highest BCUT2D eigenvalue weighted by molar-refractivity contribution is 6.51. The molecule has 0 aliphatic carbocycles. The van der Waals surface area contributed by atoms with E-state index in [0.717, 1.165) is 11.3 Å². The maximum atomic E-state index is 13.4. The molecule has 2 aromatic carbocycles. The molecule has 2 N–H and O–H groups in total. The van der Waals surface area contributed by atoms with Gasteiger partial charge in [0.05, 0.1) is 43.5 Å². The van der Waals surface area contributed by atoms with E-state index in [1.807, 2.05) is 0 Å². The number of anilines is 1. The van der Waals surface area contributed by atoms with Crippen LogP contribution in [0.15, 0.2) is 60.4 Å². The molecule has 1 unspecified atom stereocenters. The number of fused-ring (bicyclic) bond motifs is 2. The van der Waals surface area contributed by atoms with Crippen LogP contribution in [0.2, 0.25) is 0 Å². The van der Waals surface area contributed by atoms with Crippen molar-refractivity contribution in [2.75, 3.05) is 25.7 Å². The number of hydrogen-bond acceptors (Lipinski definition) is 8. The maximum absolute atomic E-state index is 13.4. The zero-order valence-corrected chi connectivity index (χ0v) is 20.0. The summed E-state index contributed by atoms with van der Waals surface area (Å²) in [5.74, 6) is -0.0757. The zero-order valence-electron chi connectivity index (χ0n) is 20.0. The molecule has 10 heteroatoms. The van der Waals surface area contributed by atoms with E-state index in [1.165, 1.54) is 19.1 Å². The van der Waals surface area contributed by atoms with Crippen LogP contribution in [0.4, 0.5) is 5.95 Å². The van der Waals surface area contributed by atoms with Crippen LogP contribution in [0, 0.1) is 0 Å². The fraction of sp³-hybridized carbons (Fsp3) is 0.185. The molecule has 0 saturated carbocycles. The monoisotopic (exact) mass is 498 g/mol. The van der Waals surface area contributed by atoms with Gasteiger partial charge < -0.3 is 24.3 Å². The molecule has 4 heterocycles. The van der Waals surface area contributed by atoms with Crippen molar-refractivity contribution in [2.24, 2.45) is 0 Å². The van der Waals surface area contributed by atoms with Gasteiger partial charge in [0, 0.05) is 36.5 Å². The average Bonchev–Trinajstić information content (AvgIpc) is 3.63. The number of pyridine rings is 1. The highest BCUT2D eigenvalue weighted by Gasteiger charge is 2.48. The number of hydrogen-bond donors (Lipinski definition) is 2. The van der Waals surface area contributed by atoms with Gasteiger partial charge in [0.1, 0.15) is 11.5 Å². The molecule has 6 rings (SSSR count). The van der Waals surface area contributed by atoms with Gasteiger partial charge in [-0.15, -0.1) is 0 Å². The van der Waals surface area contributed by atoms with Crippen LogP contribution in [0.3, 0.4) is 0 Å². The summed E-state index contributed by atoms with van der Waals surface area (Å²) in [4.78, 5) is 39.9. The van der Waals surface area contributed by atoms with E-state index in [1.54, 1.807) is 54.9 Å². The first-order valence-electron chi connectivity index (χ1n) is 11.6. The Bertz CT molecular complexity index is 1550. The van der Waals surface area contributed by atoms with E-state index in [4.69, 9.17) is 14.2 Å². The van der Waals surface area contributed by atoms with Crippen LogP contribution in [0.1, 0.15) is 22.7 Å². The van der Waals surface area contributed by atoms with Gasteiger partial charge in [-0.1, -0.05) is 6.07 Å². The van der Waals surface area contributed by atoms with Crippen LogP contribution < -0.4 is 19.1 Å². The minimum Gasteiger partial charge on any atom is -0.507 e. The Morgan fingerprint density at radius 3 is 2.70 bits per heavy atom. The molecule has 1 atom stereocenters. The van der Waals surface area contributed by atoms with Crippen molar-refractivity contribution >= 4 is 34.4 Å². The largest absolute Gasteiger partial charge is 0.507 e. The number of amides is 1. The number of ketones is 1. The highest BCUT2D eigenvalue weighted by Crippen LogP contribution is 2.42. The quantitative estimate of drug-likeness (QED) is 0.243. The number of aromatic nitrogens is 3. The summed E-state index contributed by atoms with van der Waals surface area (Å²) in [5.41, 5.74) is 2.94. The summed E-state index contributed by atoms with van der Waals surface area (Å²) in [5, 5.41) is 11.4. The summed E-state index contributed by atoms with van der Waals surface area (Å²) in [6.45, 7) is 0.557. The number of ether oxygens (including phenoxy) is 3. The number of methoxy groups -OCH3 is 2. The number of aliphatic hydroxyl groups is 1. The molecule has 37 heavy (non-hydrogen) atoms. The molecule has 1 fully saturated rings. The molecule has 1 amide bonds. The van der Waals surface area contributed by atoms with Crippen molar-refractivity contribution in [1.29, 1.82) is 0 Å². The molecule has 2 aromatic heterocycles. The second kappa shape index (κ2) is 8.66. The number of nitrogens with zero attached hydrogens (tertiary/aromatic N) is 3. The van der Waals surface area contributed by atoms with Crippen molar-refractivity contribution in [3.8, 4) is 17.2 Å². The topological polar surface area (TPSA) is 127 Å². The van der Waals surface area contributed by atoms with E-state index in [0.29, 0.717) is 46.7 Å². The van der Waals surface area contributed by atoms with Gasteiger partial charge in [0.25, 0.3) is 5.78 Å². The Balaban J connectivity index is 1.53. The van der Waals surface area contributed by atoms with Gasteiger partial charge >= 0.3 is 5.91 Å². The Kier molecular flexibility index (Phi) is 5.29. The van der Waals surface area contributed by atoms with Crippen molar-refractivity contribution in [3.05, 3.63) is 77.1 Å². The molecule has 186 valence electrons. The molecule has 2 aliphatic rings. The summed E-state index contributed by atoms with van der Waals surface area (Å²) < 4.78 is 16.3. The first kappa shape index (κ1) is 22.6. The Labute approximate surface area is 211 Å². The molecule has 0 spiro atoms. The molecular weight excluding hydrogens is 476 g/mol.